The lowest BCUT2D eigenvalue weighted by molar-refractivity contribution is 0.0288. The van der Waals surface area contributed by atoms with Gasteiger partial charge in [0.25, 0.3) is 0 Å². The van der Waals surface area contributed by atoms with E-state index < -0.39 is 5.60 Å². The van der Waals surface area contributed by atoms with Gasteiger partial charge < -0.3 is 15.0 Å². The Morgan fingerprint density at radius 3 is 2.74 bits per heavy atom. The second kappa shape index (κ2) is 7.22. The van der Waals surface area contributed by atoms with Crippen LogP contribution in [0.4, 0.5) is 4.79 Å². The van der Waals surface area contributed by atoms with Crippen molar-refractivity contribution < 1.29 is 9.53 Å². The van der Waals surface area contributed by atoms with E-state index >= 15 is 0 Å². The van der Waals surface area contributed by atoms with E-state index in [0.717, 1.165) is 26.1 Å². The summed E-state index contributed by atoms with van der Waals surface area (Å²) in [4.78, 5) is 16.7. The van der Waals surface area contributed by atoms with E-state index in [1.165, 1.54) is 15.3 Å². The summed E-state index contributed by atoms with van der Waals surface area (Å²) in [5.41, 5.74) is 0.977. The van der Waals surface area contributed by atoms with Crippen molar-refractivity contribution in [1.29, 1.82) is 0 Å². The highest BCUT2D eigenvalue weighted by atomic mass is 32.1. The van der Waals surface area contributed by atoms with Crippen molar-refractivity contribution in [2.24, 2.45) is 5.92 Å². The van der Waals surface area contributed by atoms with Gasteiger partial charge in [-0.1, -0.05) is 0 Å². The molecule has 2 unspecified atom stereocenters. The van der Waals surface area contributed by atoms with Crippen molar-refractivity contribution in [1.82, 2.24) is 10.2 Å². The fourth-order valence-electron chi connectivity index (χ4n) is 3.03. The molecule has 1 amide bonds. The normalized spacial score (nSPS) is 19.9. The molecule has 23 heavy (non-hydrogen) atoms. The lowest BCUT2D eigenvalue weighted by Crippen LogP contribution is -2.36. The second-order valence-corrected chi connectivity index (χ2v) is 9.04. The van der Waals surface area contributed by atoms with Crippen LogP contribution in [0, 0.1) is 19.8 Å². The number of amides is 1. The molecule has 130 valence electrons. The molecule has 0 bridgehead atoms. The van der Waals surface area contributed by atoms with E-state index in [0.29, 0.717) is 12.0 Å². The van der Waals surface area contributed by atoms with Crippen LogP contribution in [0.3, 0.4) is 0 Å². The highest BCUT2D eigenvalue weighted by molar-refractivity contribution is 7.12. The minimum Gasteiger partial charge on any atom is -0.444 e. The fourth-order valence-corrected chi connectivity index (χ4v) is 4.05. The first-order valence-electron chi connectivity index (χ1n) is 8.44. The van der Waals surface area contributed by atoms with Crippen LogP contribution in [0.1, 0.15) is 55.5 Å². The fraction of sp³-hybridized carbons (Fsp3) is 0.722. The van der Waals surface area contributed by atoms with Gasteiger partial charge in [0.15, 0.2) is 0 Å². The van der Waals surface area contributed by atoms with Gasteiger partial charge >= 0.3 is 6.09 Å². The Bertz CT molecular complexity index is 548. The van der Waals surface area contributed by atoms with Crippen molar-refractivity contribution in [2.45, 2.75) is 59.6 Å². The number of aryl methyl sites for hydroxylation is 2. The zero-order valence-electron chi connectivity index (χ0n) is 15.2. The van der Waals surface area contributed by atoms with Crippen molar-refractivity contribution in [3.05, 3.63) is 21.4 Å². The SMILES string of the molecule is Cc1cc(C(C)NCC2CCN(C(=O)OC(C)(C)C)C2)c(C)s1. The maximum Gasteiger partial charge on any atom is 0.410 e. The molecule has 1 aliphatic heterocycles. The quantitative estimate of drug-likeness (QED) is 0.891. The molecule has 0 aliphatic carbocycles. The monoisotopic (exact) mass is 338 g/mol. The molecule has 1 N–H and O–H groups in total. The molecule has 0 saturated carbocycles. The second-order valence-electron chi connectivity index (χ2n) is 7.58. The topological polar surface area (TPSA) is 41.6 Å². The number of thiophene rings is 1. The minimum atomic E-state index is -0.420. The molecule has 0 spiro atoms. The molecule has 1 aromatic rings. The number of hydrogen-bond acceptors (Lipinski definition) is 4. The number of carbonyl (C=O) groups excluding carboxylic acids is 1. The summed E-state index contributed by atoms with van der Waals surface area (Å²) in [6, 6.07) is 2.63. The first kappa shape index (κ1) is 18.3. The van der Waals surface area contributed by atoms with E-state index in [4.69, 9.17) is 4.74 Å². The number of nitrogens with one attached hydrogen (secondary N) is 1. The molecule has 2 rings (SSSR count). The molecule has 0 aromatic carbocycles. The summed E-state index contributed by atoms with van der Waals surface area (Å²) in [6.07, 6.45) is 0.859. The lowest BCUT2D eigenvalue weighted by Gasteiger charge is -2.24. The zero-order chi connectivity index (χ0) is 17.2. The van der Waals surface area contributed by atoms with Gasteiger partial charge in [0, 0.05) is 35.4 Å². The number of rotatable bonds is 4. The number of likely N-dealkylation sites (tertiary alicyclic amines) is 1. The van der Waals surface area contributed by atoms with Gasteiger partial charge in [-0.3, -0.25) is 0 Å². The maximum atomic E-state index is 12.1. The largest absolute Gasteiger partial charge is 0.444 e. The Morgan fingerprint density at radius 2 is 2.17 bits per heavy atom. The van der Waals surface area contributed by atoms with Crippen LogP contribution < -0.4 is 5.32 Å². The third kappa shape index (κ3) is 5.21. The van der Waals surface area contributed by atoms with E-state index in [1.54, 1.807) is 0 Å². The summed E-state index contributed by atoms with van der Waals surface area (Å²) < 4.78 is 5.45. The highest BCUT2D eigenvalue weighted by Crippen LogP contribution is 2.27. The molecule has 1 aliphatic rings. The molecule has 1 aromatic heterocycles. The average molecular weight is 339 g/mol. The van der Waals surface area contributed by atoms with Crippen molar-refractivity contribution >= 4 is 17.4 Å². The van der Waals surface area contributed by atoms with Gasteiger partial charge in [-0.25, -0.2) is 4.79 Å². The Labute approximate surface area is 144 Å². The van der Waals surface area contributed by atoms with Crippen LogP contribution >= 0.6 is 11.3 Å². The van der Waals surface area contributed by atoms with E-state index in [1.807, 2.05) is 37.0 Å². The van der Waals surface area contributed by atoms with Gasteiger partial charge in [-0.2, -0.15) is 0 Å². The number of ether oxygens (including phenoxy) is 1. The third-order valence-electron chi connectivity index (χ3n) is 4.20. The van der Waals surface area contributed by atoms with Crippen LogP contribution in [-0.2, 0) is 4.74 Å². The predicted octanol–water partition coefficient (Wildman–Crippen LogP) is 4.27. The van der Waals surface area contributed by atoms with Crippen LogP contribution in [-0.4, -0.2) is 36.2 Å². The Morgan fingerprint density at radius 1 is 1.48 bits per heavy atom. The number of hydrogen-bond donors (Lipinski definition) is 1. The lowest BCUT2D eigenvalue weighted by atomic mass is 10.1. The maximum absolute atomic E-state index is 12.1. The van der Waals surface area contributed by atoms with Crippen molar-refractivity contribution in [3.8, 4) is 0 Å². The summed E-state index contributed by atoms with van der Waals surface area (Å²) in [5.74, 6) is 0.505. The first-order chi connectivity index (χ1) is 10.7. The van der Waals surface area contributed by atoms with E-state index in [2.05, 4.69) is 32.2 Å². The summed E-state index contributed by atoms with van der Waals surface area (Å²) in [7, 11) is 0. The zero-order valence-corrected chi connectivity index (χ0v) is 16.0. The van der Waals surface area contributed by atoms with Gasteiger partial charge in [-0.05, 0) is 65.5 Å². The summed E-state index contributed by atoms with van der Waals surface area (Å²) in [6.45, 7) is 14.8. The molecule has 0 radical (unpaired) electrons. The van der Waals surface area contributed by atoms with E-state index in [9.17, 15) is 4.79 Å². The standard InChI is InChI=1S/C18H30N2O2S/c1-12-9-16(14(3)23-12)13(2)19-10-15-7-8-20(11-15)17(21)22-18(4,5)6/h9,13,15,19H,7-8,10-11H2,1-6H3. The third-order valence-corrected chi connectivity index (χ3v) is 5.18. The molecule has 1 saturated heterocycles. The molecule has 1 fully saturated rings. The Hall–Kier alpha value is -1.07. The molecule has 4 nitrogen and oxygen atoms in total. The summed E-state index contributed by atoms with van der Waals surface area (Å²) in [5, 5.41) is 3.63. The molecular formula is C18H30N2O2S. The van der Waals surface area contributed by atoms with Crippen molar-refractivity contribution in [3.63, 3.8) is 0 Å². The van der Waals surface area contributed by atoms with E-state index in [-0.39, 0.29) is 6.09 Å². The van der Waals surface area contributed by atoms with Crippen LogP contribution in [0.2, 0.25) is 0 Å². The molecule has 5 heteroatoms. The van der Waals surface area contributed by atoms with Gasteiger partial charge in [-0.15, -0.1) is 11.3 Å². The molecule has 2 atom stereocenters. The minimum absolute atomic E-state index is 0.183. The number of carbonyl (C=O) groups is 1. The van der Waals surface area contributed by atoms with Crippen LogP contribution in [0.5, 0.6) is 0 Å². The van der Waals surface area contributed by atoms with Gasteiger partial charge in [0.2, 0.25) is 0 Å². The Kier molecular flexibility index (Phi) is 5.74. The first-order valence-corrected chi connectivity index (χ1v) is 9.25. The van der Waals surface area contributed by atoms with Gasteiger partial charge in [0.05, 0.1) is 0 Å². The Balaban J connectivity index is 1.80. The predicted molar refractivity (Wildman–Crippen MR) is 96.1 cm³/mol. The smallest absolute Gasteiger partial charge is 0.410 e. The number of nitrogens with zero attached hydrogens (tertiary/aromatic N) is 1. The molecule has 2 heterocycles. The highest BCUT2D eigenvalue weighted by Gasteiger charge is 2.29. The molecular weight excluding hydrogens is 308 g/mol. The van der Waals surface area contributed by atoms with Crippen LogP contribution in [0.25, 0.3) is 0 Å². The summed E-state index contributed by atoms with van der Waals surface area (Å²) >= 11 is 1.86. The average Bonchev–Trinajstić information content (AvgIpc) is 3.00. The van der Waals surface area contributed by atoms with Crippen LogP contribution in [0.15, 0.2) is 6.07 Å². The van der Waals surface area contributed by atoms with Gasteiger partial charge in [0.1, 0.15) is 5.60 Å². The van der Waals surface area contributed by atoms with Crippen molar-refractivity contribution in [2.75, 3.05) is 19.6 Å².